The number of benzene rings is 5. The van der Waals surface area contributed by atoms with E-state index in [4.69, 9.17) is 4.74 Å². The van der Waals surface area contributed by atoms with Crippen molar-refractivity contribution in [3.05, 3.63) is 167 Å². The Morgan fingerprint density at radius 2 is 1.29 bits per heavy atom. The molecule has 1 atom stereocenters. The highest BCUT2D eigenvalue weighted by molar-refractivity contribution is 5.68. The van der Waals surface area contributed by atoms with Gasteiger partial charge in [0.05, 0.1) is 6.04 Å². The lowest BCUT2D eigenvalue weighted by atomic mass is 9.99. The van der Waals surface area contributed by atoms with E-state index in [0.29, 0.717) is 32.3 Å². The summed E-state index contributed by atoms with van der Waals surface area (Å²) in [5.41, 5.74) is 9.85. The van der Waals surface area contributed by atoms with Crippen LogP contribution in [0.5, 0.6) is 0 Å². The Hall–Kier alpha value is -5.03. The molecule has 1 amide bonds. The number of amides is 1. The maximum atomic E-state index is 13.6. The van der Waals surface area contributed by atoms with Crippen molar-refractivity contribution in [1.82, 2.24) is 4.90 Å². The number of ether oxygens (including phenoxy) is 1. The maximum Gasteiger partial charge on any atom is 0.409 e. The van der Waals surface area contributed by atoms with Crippen LogP contribution in [0.3, 0.4) is 0 Å². The summed E-state index contributed by atoms with van der Waals surface area (Å²) in [6, 6.07) is 47.1. The van der Waals surface area contributed by atoms with Crippen molar-refractivity contribution >= 4 is 17.5 Å². The normalized spacial score (nSPS) is 13.9. The van der Waals surface area contributed by atoms with Gasteiger partial charge in [-0.2, -0.15) is 0 Å². The monoisotopic (exact) mass is 637 g/mol. The largest absolute Gasteiger partial charge is 0.447 e. The Labute approximate surface area is 286 Å². The fourth-order valence-corrected chi connectivity index (χ4v) is 6.80. The molecule has 0 saturated carbocycles. The van der Waals surface area contributed by atoms with E-state index in [9.17, 15) is 4.79 Å². The first-order valence-electron chi connectivity index (χ1n) is 17.2. The topological polar surface area (TPSA) is 44.8 Å². The van der Waals surface area contributed by atoms with Crippen molar-refractivity contribution in [2.75, 3.05) is 29.9 Å². The van der Waals surface area contributed by atoms with Gasteiger partial charge in [-0.05, 0) is 79.0 Å². The lowest BCUT2D eigenvalue weighted by Crippen LogP contribution is -2.45. The van der Waals surface area contributed by atoms with Crippen molar-refractivity contribution < 1.29 is 9.53 Å². The summed E-state index contributed by atoms with van der Waals surface area (Å²) in [5.74, 6) is 0. The molecular formula is C43H47N3O2. The first-order valence-corrected chi connectivity index (χ1v) is 17.2. The highest BCUT2D eigenvalue weighted by Gasteiger charge is 2.28. The van der Waals surface area contributed by atoms with Gasteiger partial charge >= 0.3 is 6.09 Å². The first-order chi connectivity index (χ1) is 23.5. The lowest BCUT2D eigenvalue weighted by Gasteiger charge is -2.37. The highest BCUT2D eigenvalue weighted by atomic mass is 16.6. The van der Waals surface area contributed by atoms with E-state index in [0.717, 1.165) is 25.7 Å². The molecule has 1 heterocycles. The Kier molecular flexibility index (Phi) is 11.1. The van der Waals surface area contributed by atoms with Crippen molar-refractivity contribution in [3.63, 3.8) is 0 Å². The zero-order chi connectivity index (χ0) is 33.1. The zero-order valence-electron chi connectivity index (χ0n) is 28.2. The van der Waals surface area contributed by atoms with E-state index in [1.807, 2.05) is 11.0 Å². The van der Waals surface area contributed by atoms with Crippen molar-refractivity contribution in [1.29, 1.82) is 0 Å². The molecule has 0 aliphatic carbocycles. The van der Waals surface area contributed by atoms with Gasteiger partial charge in [-0.15, -0.1) is 0 Å². The van der Waals surface area contributed by atoms with Crippen LogP contribution < -0.4 is 10.2 Å². The lowest BCUT2D eigenvalue weighted by molar-refractivity contribution is 0.0879. The van der Waals surface area contributed by atoms with Gasteiger partial charge in [-0.3, -0.25) is 0 Å². The smallest absolute Gasteiger partial charge is 0.409 e. The van der Waals surface area contributed by atoms with Gasteiger partial charge in [-0.25, -0.2) is 4.79 Å². The molecule has 5 aromatic rings. The van der Waals surface area contributed by atoms with Gasteiger partial charge in [0, 0.05) is 37.1 Å². The molecule has 0 bridgehead atoms. The minimum absolute atomic E-state index is 0.0725. The summed E-state index contributed by atoms with van der Waals surface area (Å²) in [4.78, 5) is 18.0. The van der Waals surface area contributed by atoms with Gasteiger partial charge < -0.3 is 19.9 Å². The molecule has 1 aliphatic rings. The predicted octanol–water partition coefficient (Wildman–Crippen LogP) is 9.23. The fourth-order valence-electron chi connectivity index (χ4n) is 6.80. The molecule has 1 saturated heterocycles. The number of nitrogens with zero attached hydrogens (tertiary/aromatic N) is 2. The summed E-state index contributed by atoms with van der Waals surface area (Å²) in [5, 5.41) is 3.75. The van der Waals surface area contributed by atoms with E-state index < -0.39 is 0 Å². The van der Waals surface area contributed by atoms with Crippen LogP contribution in [0, 0.1) is 13.8 Å². The number of piperidine rings is 1. The number of nitrogens with one attached hydrogen (secondary N) is 1. The number of aryl methyl sites for hydroxylation is 2. The van der Waals surface area contributed by atoms with Crippen molar-refractivity contribution in [2.24, 2.45) is 0 Å². The third kappa shape index (κ3) is 8.65. The molecule has 0 spiro atoms. The Balaban J connectivity index is 1.21. The molecule has 246 valence electrons. The second-order valence-corrected chi connectivity index (χ2v) is 13.0. The minimum atomic E-state index is -0.226. The quantitative estimate of drug-likeness (QED) is 0.148. The molecule has 1 fully saturated rings. The summed E-state index contributed by atoms with van der Waals surface area (Å²) in [6.07, 6.45) is 3.14. The van der Waals surface area contributed by atoms with Gasteiger partial charge in [0.15, 0.2) is 0 Å². The van der Waals surface area contributed by atoms with Crippen LogP contribution in [0.25, 0.3) is 0 Å². The van der Waals surface area contributed by atoms with E-state index in [2.05, 4.69) is 151 Å². The number of anilines is 2. The Bertz CT molecular complexity index is 1710. The summed E-state index contributed by atoms with van der Waals surface area (Å²) < 4.78 is 6.23. The summed E-state index contributed by atoms with van der Waals surface area (Å²) >= 11 is 0. The van der Waals surface area contributed by atoms with E-state index in [-0.39, 0.29) is 12.1 Å². The SMILES string of the molecule is Cc1cccc(C)c1NC1CCN(C(=O)OCC(Cc2ccccc2)N(Cc2ccccc2)c2ccccc2Cc2ccccc2)CC1. The number of carbonyl (C=O) groups is 1. The van der Waals surface area contributed by atoms with Crippen LogP contribution >= 0.6 is 0 Å². The molecule has 1 aliphatic heterocycles. The second kappa shape index (κ2) is 16.2. The zero-order valence-corrected chi connectivity index (χ0v) is 28.2. The molecule has 5 aromatic carbocycles. The third-order valence-corrected chi connectivity index (χ3v) is 9.47. The number of hydrogen-bond acceptors (Lipinski definition) is 4. The molecule has 6 rings (SSSR count). The van der Waals surface area contributed by atoms with Gasteiger partial charge in [-0.1, -0.05) is 127 Å². The van der Waals surface area contributed by atoms with Crippen LogP contribution in [0.4, 0.5) is 16.2 Å². The Morgan fingerprint density at radius 3 is 1.94 bits per heavy atom. The standard InChI is InChI=1S/C43H47N3O2/c1-33-15-14-16-34(2)42(33)44-39-25-27-45(28-26-39)43(47)48-32-40(30-36-19-8-4-9-20-36)46(31-37-21-10-5-11-22-37)41-24-13-12-23-38(41)29-35-17-6-3-7-18-35/h3-24,39-40,44H,25-32H2,1-2H3. The molecule has 5 heteroatoms. The number of para-hydroxylation sites is 2. The van der Waals surface area contributed by atoms with E-state index >= 15 is 0 Å². The van der Waals surface area contributed by atoms with Gasteiger partial charge in [0.25, 0.3) is 0 Å². The van der Waals surface area contributed by atoms with E-state index in [1.165, 1.54) is 44.8 Å². The van der Waals surface area contributed by atoms with Gasteiger partial charge in [0.1, 0.15) is 6.61 Å². The molecule has 1 N–H and O–H groups in total. The van der Waals surface area contributed by atoms with Crippen molar-refractivity contribution in [3.8, 4) is 0 Å². The molecule has 5 nitrogen and oxygen atoms in total. The van der Waals surface area contributed by atoms with E-state index in [1.54, 1.807) is 0 Å². The van der Waals surface area contributed by atoms with Crippen LogP contribution in [-0.4, -0.2) is 42.8 Å². The number of hydrogen-bond donors (Lipinski definition) is 1. The minimum Gasteiger partial charge on any atom is -0.447 e. The number of carbonyl (C=O) groups excluding carboxylic acids is 1. The van der Waals surface area contributed by atoms with Gasteiger partial charge in [0.2, 0.25) is 0 Å². The second-order valence-electron chi connectivity index (χ2n) is 13.0. The molecular weight excluding hydrogens is 590 g/mol. The van der Waals surface area contributed by atoms with Crippen LogP contribution in [0.2, 0.25) is 0 Å². The van der Waals surface area contributed by atoms with Crippen molar-refractivity contribution in [2.45, 2.75) is 58.2 Å². The van der Waals surface area contributed by atoms with Crippen LogP contribution in [0.1, 0.15) is 46.2 Å². The number of rotatable bonds is 12. The van der Waals surface area contributed by atoms with Crippen LogP contribution in [0.15, 0.2) is 133 Å². The molecule has 0 aromatic heterocycles. The predicted molar refractivity (Wildman–Crippen MR) is 198 cm³/mol. The highest BCUT2D eigenvalue weighted by Crippen LogP contribution is 2.29. The first kappa shape index (κ1) is 32.9. The summed E-state index contributed by atoms with van der Waals surface area (Å²) in [6.45, 7) is 6.65. The van der Waals surface area contributed by atoms with Crippen LogP contribution in [-0.2, 0) is 24.1 Å². The Morgan fingerprint density at radius 1 is 0.729 bits per heavy atom. The maximum absolute atomic E-state index is 13.6. The average molecular weight is 638 g/mol. The molecule has 1 unspecified atom stereocenters. The fraction of sp³-hybridized carbons (Fsp3) is 0.279. The third-order valence-electron chi connectivity index (χ3n) is 9.47. The molecule has 48 heavy (non-hydrogen) atoms. The summed E-state index contributed by atoms with van der Waals surface area (Å²) in [7, 11) is 0. The number of likely N-dealkylation sites (tertiary alicyclic amines) is 1. The average Bonchev–Trinajstić information content (AvgIpc) is 3.12. The molecule has 0 radical (unpaired) electrons.